The molecule has 1 heterocycles. The molecule has 0 radical (unpaired) electrons. The number of hydrogen-bond acceptors (Lipinski definition) is 4. The largest absolute Gasteiger partial charge is 0.480 e. The first-order chi connectivity index (χ1) is 5.16. The van der Waals surface area contributed by atoms with Crippen LogP contribution in [-0.2, 0) is 14.3 Å². The van der Waals surface area contributed by atoms with E-state index in [4.69, 9.17) is 10.5 Å². The molecule has 1 unspecified atom stereocenters. The summed E-state index contributed by atoms with van der Waals surface area (Å²) in [5.74, 6) is -0.351. The quantitative estimate of drug-likeness (QED) is 0.651. The lowest BCUT2D eigenvalue weighted by molar-refractivity contribution is -0.145. The van der Waals surface area contributed by atoms with Crippen LogP contribution in [-0.4, -0.2) is 18.8 Å². The van der Waals surface area contributed by atoms with Crippen LogP contribution in [0.3, 0.4) is 0 Å². The second kappa shape index (κ2) is 4.33. The molecule has 12 heavy (non-hydrogen) atoms. The van der Waals surface area contributed by atoms with Crippen LogP contribution in [0.25, 0.3) is 0 Å². The lowest BCUT2D eigenvalue weighted by Crippen LogP contribution is -2.41. The van der Waals surface area contributed by atoms with Crippen LogP contribution in [0.15, 0.2) is 12.3 Å². The van der Waals surface area contributed by atoms with Gasteiger partial charge in [-0.2, -0.15) is 0 Å². The van der Waals surface area contributed by atoms with Crippen molar-refractivity contribution in [1.29, 1.82) is 0 Å². The summed E-state index contributed by atoms with van der Waals surface area (Å²) in [5, 5.41) is 0. The Morgan fingerprint density at radius 1 is 1.83 bits per heavy atom. The van der Waals surface area contributed by atoms with Crippen molar-refractivity contribution in [2.75, 3.05) is 7.11 Å². The van der Waals surface area contributed by atoms with E-state index < -0.39 is 5.72 Å². The van der Waals surface area contributed by atoms with E-state index in [1.165, 1.54) is 13.4 Å². The van der Waals surface area contributed by atoms with Crippen LogP contribution in [0.4, 0.5) is 0 Å². The summed E-state index contributed by atoms with van der Waals surface area (Å²) in [6.45, 7) is 0. The summed E-state index contributed by atoms with van der Waals surface area (Å²) in [6, 6.07) is 0. The van der Waals surface area contributed by atoms with E-state index in [1.54, 1.807) is 6.08 Å². The summed E-state index contributed by atoms with van der Waals surface area (Å²) in [4.78, 5) is 10.8. The SMILES string of the molecule is COC(=O)CC1(N)CC=CO1.Cl. The second-order valence-electron chi connectivity index (χ2n) is 2.51. The number of rotatable bonds is 2. The van der Waals surface area contributed by atoms with Gasteiger partial charge in [0, 0.05) is 6.42 Å². The minimum Gasteiger partial charge on any atom is -0.480 e. The lowest BCUT2D eigenvalue weighted by atomic mass is 10.1. The monoisotopic (exact) mass is 193 g/mol. The first-order valence-electron chi connectivity index (χ1n) is 3.35. The van der Waals surface area contributed by atoms with E-state index in [-0.39, 0.29) is 24.8 Å². The molecule has 1 aliphatic heterocycles. The number of carbonyl (C=O) groups is 1. The maximum absolute atomic E-state index is 10.8. The zero-order valence-corrected chi connectivity index (χ0v) is 7.60. The topological polar surface area (TPSA) is 61.5 Å². The van der Waals surface area contributed by atoms with Gasteiger partial charge in [-0.25, -0.2) is 0 Å². The van der Waals surface area contributed by atoms with Crippen LogP contribution in [0, 0.1) is 0 Å². The Morgan fingerprint density at radius 3 is 2.92 bits per heavy atom. The third-order valence-electron chi connectivity index (χ3n) is 1.53. The number of ether oxygens (including phenoxy) is 2. The molecular formula is C7H12ClNO3. The Labute approximate surface area is 77.1 Å². The van der Waals surface area contributed by atoms with Crippen molar-refractivity contribution >= 4 is 18.4 Å². The van der Waals surface area contributed by atoms with Crippen LogP contribution in [0.5, 0.6) is 0 Å². The van der Waals surface area contributed by atoms with Gasteiger partial charge < -0.3 is 9.47 Å². The minimum atomic E-state index is -0.868. The Bertz CT molecular complexity index is 185. The van der Waals surface area contributed by atoms with Crippen molar-refractivity contribution in [2.24, 2.45) is 5.73 Å². The van der Waals surface area contributed by atoms with Crippen LogP contribution in [0.1, 0.15) is 12.8 Å². The van der Waals surface area contributed by atoms with E-state index in [1.807, 2.05) is 0 Å². The fraction of sp³-hybridized carbons (Fsp3) is 0.571. The highest BCUT2D eigenvalue weighted by Gasteiger charge is 2.31. The van der Waals surface area contributed by atoms with Gasteiger partial charge in [-0.15, -0.1) is 12.4 Å². The van der Waals surface area contributed by atoms with Crippen LogP contribution >= 0.6 is 12.4 Å². The minimum absolute atomic E-state index is 0. The summed E-state index contributed by atoms with van der Waals surface area (Å²) in [7, 11) is 1.33. The fourth-order valence-electron chi connectivity index (χ4n) is 0.910. The Kier molecular flexibility index (Phi) is 4.06. The van der Waals surface area contributed by atoms with Crippen molar-refractivity contribution < 1.29 is 14.3 Å². The summed E-state index contributed by atoms with van der Waals surface area (Å²) < 4.78 is 9.46. The average Bonchev–Trinajstić information content (AvgIpc) is 2.36. The maximum atomic E-state index is 10.8. The molecule has 0 aliphatic carbocycles. The standard InChI is InChI=1S/C7H11NO3.ClH/c1-10-6(9)5-7(8)3-2-4-11-7;/h2,4H,3,5,8H2,1H3;1H. The molecule has 5 heteroatoms. The van der Waals surface area contributed by atoms with Crippen molar-refractivity contribution in [3.8, 4) is 0 Å². The average molecular weight is 194 g/mol. The number of methoxy groups -OCH3 is 1. The Hall–Kier alpha value is -0.740. The second-order valence-corrected chi connectivity index (χ2v) is 2.51. The van der Waals surface area contributed by atoms with Gasteiger partial charge in [0.2, 0.25) is 0 Å². The molecule has 0 spiro atoms. The van der Waals surface area contributed by atoms with Gasteiger partial charge in [0.25, 0.3) is 0 Å². The van der Waals surface area contributed by atoms with Crippen molar-refractivity contribution in [3.63, 3.8) is 0 Å². The van der Waals surface area contributed by atoms with Gasteiger partial charge in [-0.1, -0.05) is 0 Å². The first-order valence-corrected chi connectivity index (χ1v) is 3.35. The highest BCUT2D eigenvalue weighted by molar-refractivity contribution is 5.85. The van der Waals surface area contributed by atoms with E-state index >= 15 is 0 Å². The molecule has 1 rings (SSSR count). The molecule has 0 aromatic carbocycles. The molecule has 0 aromatic heterocycles. The molecule has 1 aliphatic rings. The summed E-state index contributed by atoms with van der Waals surface area (Å²) in [6.07, 6.45) is 3.94. The molecule has 0 saturated heterocycles. The van der Waals surface area contributed by atoms with Crippen molar-refractivity contribution in [2.45, 2.75) is 18.6 Å². The van der Waals surface area contributed by atoms with Gasteiger partial charge in [0.1, 0.15) is 0 Å². The van der Waals surface area contributed by atoms with Gasteiger partial charge in [0.15, 0.2) is 5.72 Å². The molecule has 70 valence electrons. The summed E-state index contributed by atoms with van der Waals surface area (Å²) in [5.41, 5.74) is 4.78. The van der Waals surface area contributed by atoms with Crippen molar-refractivity contribution in [3.05, 3.63) is 12.3 Å². The number of halogens is 1. The molecular weight excluding hydrogens is 182 g/mol. The van der Waals surface area contributed by atoms with Gasteiger partial charge in [-0.3, -0.25) is 10.5 Å². The smallest absolute Gasteiger partial charge is 0.311 e. The predicted molar refractivity (Wildman–Crippen MR) is 45.6 cm³/mol. The van der Waals surface area contributed by atoms with Crippen molar-refractivity contribution in [1.82, 2.24) is 0 Å². The van der Waals surface area contributed by atoms with E-state index in [9.17, 15) is 4.79 Å². The van der Waals surface area contributed by atoms with E-state index in [0.29, 0.717) is 6.42 Å². The highest BCUT2D eigenvalue weighted by Crippen LogP contribution is 2.21. The maximum Gasteiger partial charge on any atom is 0.311 e. The molecule has 0 fully saturated rings. The van der Waals surface area contributed by atoms with Gasteiger partial charge >= 0.3 is 5.97 Å². The van der Waals surface area contributed by atoms with E-state index in [0.717, 1.165) is 0 Å². The van der Waals surface area contributed by atoms with Gasteiger partial charge in [0.05, 0.1) is 19.8 Å². The Morgan fingerprint density at radius 2 is 2.50 bits per heavy atom. The van der Waals surface area contributed by atoms with Crippen LogP contribution < -0.4 is 5.73 Å². The fourth-order valence-corrected chi connectivity index (χ4v) is 0.910. The number of nitrogens with two attached hydrogens (primary N) is 1. The van der Waals surface area contributed by atoms with Gasteiger partial charge in [-0.05, 0) is 6.08 Å². The zero-order valence-electron chi connectivity index (χ0n) is 6.78. The zero-order chi connectivity index (χ0) is 8.32. The highest BCUT2D eigenvalue weighted by atomic mass is 35.5. The summed E-state index contributed by atoms with van der Waals surface area (Å²) >= 11 is 0. The number of hydrogen-bond donors (Lipinski definition) is 1. The first kappa shape index (κ1) is 11.3. The molecule has 2 N–H and O–H groups in total. The lowest BCUT2D eigenvalue weighted by Gasteiger charge is -2.21. The molecule has 0 bridgehead atoms. The molecule has 0 aromatic rings. The number of esters is 1. The molecule has 0 saturated carbocycles. The normalized spacial score (nSPS) is 25.8. The molecule has 0 amide bonds. The third kappa shape index (κ3) is 2.71. The predicted octanol–water partition coefficient (Wildman–Crippen LogP) is 0.560. The van der Waals surface area contributed by atoms with Crippen LogP contribution in [0.2, 0.25) is 0 Å². The Balaban J connectivity index is 0.00000121. The molecule has 4 nitrogen and oxygen atoms in total. The molecule has 1 atom stereocenters. The third-order valence-corrected chi connectivity index (χ3v) is 1.53. The van der Waals surface area contributed by atoms with E-state index in [2.05, 4.69) is 4.74 Å². The number of carbonyl (C=O) groups excluding carboxylic acids is 1.